The highest BCUT2D eigenvalue weighted by Crippen LogP contribution is 2.30. The predicted octanol–water partition coefficient (Wildman–Crippen LogP) is 4.10. The fraction of sp³-hybridized carbons (Fsp3) is 0.516. The second-order valence-corrected chi connectivity index (χ2v) is 12.0. The average Bonchev–Trinajstić information content (AvgIpc) is 2.90. The van der Waals surface area contributed by atoms with E-state index >= 15 is 0 Å². The van der Waals surface area contributed by atoms with Gasteiger partial charge in [0.1, 0.15) is 11.4 Å². The van der Waals surface area contributed by atoms with Gasteiger partial charge >= 0.3 is 12.1 Å². The number of anilines is 2. The van der Waals surface area contributed by atoms with Gasteiger partial charge in [-0.25, -0.2) is 9.59 Å². The van der Waals surface area contributed by atoms with Gasteiger partial charge in [0.2, 0.25) is 5.91 Å². The summed E-state index contributed by atoms with van der Waals surface area (Å²) in [5, 5.41) is 0. The van der Waals surface area contributed by atoms with Crippen molar-refractivity contribution in [1.29, 1.82) is 0 Å². The molecule has 0 N–H and O–H groups in total. The topological polar surface area (TPSA) is 85.9 Å². The summed E-state index contributed by atoms with van der Waals surface area (Å²) < 4.78 is 10.7. The van der Waals surface area contributed by atoms with Gasteiger partial charge in [-0.2, -0.15) is 0 Å². The Balaban J connectivity index is 1.16. The summed E-state index contributed by atoms with van der Waals surface area (Å²) in [6, 6.07) is 13.7. The van der Waals surface area contributed by atoms with Crippen molar-refractivity contribution >= 4 is 29.4 Å². The highest BCUT2D eigenvalue weighted by Gasteiger charge is 2.38. The molecule has 0 bridgehead atoms. The maximum absolute atomic E-state index is 13.4. The van der Waals surface area contributed by atoms with Gasteiger partial charge in [-0.15, -0.1) is 0 Å². The van der Waals surface area contributed by atoms with Crippen LogP contribution >= 0.6 is 0 Å². The van der Waals surface area contributed by atoms with Crippen LogP contribution in [0.1, 0.15) is 38.3 Å². The second kappa shape index (κ2) is 11.6. The van der Waals surface area contributed by atoms with Crippen LogP contribution in [0.4, 0.5) is 21.0 Å². The lowest BCUT2D eigenvalue weighted by molar-refractivity contribution is -0.129. The van der Waals surface area contributed by atoms with Gasteiger partial charge in [0.15, 0.2) is 0 Å². The zero-order chi connectivity index (χ0) is 29.3. The van der Waals surface area contributed by atoms with E-state index in [1.54, 1.807) is 16.9 Å². The van der Waals surface area contributed by atoms with Crippen LogP contribution in [0.5, 0.6) is 5.75 Å². The van der Waals surface area contributed by atoms with Crippen LogP contribution in [-0.4, -0.2) is 97.3 Å². The van der Waals surface area contributed by atoms with Gasteiger partial charge in [0, 0.05) is 69.7 Å². The molecule has 0 spiro atoms. The maximum atomic E-state index is 13.4. The first-order valence-electron chi connectivity index (χ1n) is 14.3. The Morgan fingerprint density at radius 1 is 0.951 bits per heavy atom. The van der Waals surface area contributed by atoms with Crippen LogP contribution in [0.25, 0.3) is 0 Å². The number of rotatable bonds is 6. The zero-order valence-electron chi connectivity index (χ0n) is 24.8. The molecule has 0 aromatic heterocycles. The molecule has 3 heterocycles. The van der Waals surface area contributed by atoms with E-state index in [0.717, 1.165) is 54.4 Å². The molecular formula is C31H41N5O5. The number of ether oxygens (including phenoxy) is 2. The van der Waals surface area contributed by atoms with Crippen molar-refractivity contribution in [1.82, 2.24) is 14.7 Å². The number of amides is 4. The smallest absolute Gasteiger partial charge is 0.410 e. The van der Waals surface area contributed by atoms with Crippen LogP contribution < -0.4 is 14.5 Å². The zero-order valence-corrected chi connectivity index (χ0v) is 24.8. The third kappa shape index (κ3) is 6.43. The molecule has 0 saturated carbocycles. The number of urea groups is 1. The van der Waals surface area contributed by atoms with Gasteiger partial charge < -0.3 is 19.3 Å². The predicted molar refractivity (Wildman–Crippen MR) is 157 cm³/mol. The molecule has 41 heavy (non-hydrogen) atoms. The number of piperazine rings is 1. The highest BCUT2D eigenvalue weighted by molar-refractivity contribution is 6.06. The van der Waals surface area contributed by atoms with Crippen molar-refractivity contribution in [3.8, 4) is 5.75 Å². The second-order valence-electron chi connectivity index (χ2n) is 12.0. The molecule has 3 aliphatic heterocycles. The minimum atomic E-state index is -0.475. The third-order valence-electron chi connectivity index (χ3n) is 7.99. The molecule has 10 nitrogen and oxygen atoms in total. The summed E-state index contributed by atoms with van der Waals surface area (Å²) >= 11 is 0. The van der Waals surface area contributed by atoms with E-state index in [1.807, 2.05) is 58.0 Å². The molecule has 2 aromatic carbocycles. The van der Waals surface area contributed by atoms with Gasteiger partial charge in [-0.1, -0.05) is 12.1 Å². The monoisotopic (exact) mass is 563 g/mol. The first kappa shape index (κ1) is 28.7. The molecule has 3 fully saturated rings. The molecule has 0 atom stereocenters. The standard InChI is InChI=1S/C31H41N5O5/c1-22-18-24(32-14-16-33(17-15-32)25-20-34(21-25)30(39)41-31(2,3)4)8-11-27(22)35-13-12-28(37)36(29(35)38)19-23-6-9-26(40-5)10-7-23/h6-11,18,25H,12-17,19-21H2,1-5H3. The summed E-state index contributed by atoms with van der Waals surface area (Å²) in [6.07, 6.45) is 0.0563. The van der Waals surface area contributed by atoms with Gasteiger partial charge in [0.25, 0.3) is 0 Å². The lowest BCUT2D eigenvalue weighted by Gasteiger charge is -2.48. The quantitative estimate of drug-likeness (QED) is 0.523. The summed E-state index contributed by atoms with van der Waals surface area (Å²) in [7, 11) is 1.61. The van der Waals surface area contributed by atoms with E-state index in [9.17, 15) is 14.4 Å². The molecule has 3 aliphatic rings. The highest BCUT2D eigenvalue weighted by atomic mass is 16.6. The number of imide groups is 1. The van der Waals surface area contributed by atoms with Crippen molar-refractivity contribution in [2.75, 3.05) is 62.7 Å². The Labute approximate surface area is 242 Å². The van der Waals surface area contributed by atoms with E-state index < -0.39 is 5.60 Å². The average molecular weight is 564 g/mol. The Kier molecular flexibility index (Phi) is 8.13. The van der Waals surface area contributed by atoms with Crippen molar-refractivity contribution in [3.05, 3.63) is 53.6 Å². The Hall–Kier alpha value is -3.79. The minimum Gasteiger partial charge on any atom is -0.497 e. The first-order chi connectivity index (χ1) is 19.5. The number of hydrogen-bond acceptors (Lipinski definition) is 7. The minimum absolute atomic E-state index is 0.158. The number of benzene rings is 2. The summed E-state index contributed by atoms with van der Waals surface area (Å²) in [5.41, 5.74) is 3.37. The van der Waals surface area contributed by atoms with Crippen LogP contribution in [0.2, 0.25) is 0 Å². The summed E-state index contributed by atoms with van der Waals surface area (Å²) in [5.74, 6) is 0.576. The number of carbonyl (C=O) groups is 3. The molecule has 0 unspecified atom stereocenters. The van der Waals surface area contributed by atoms with Crippen LogP contribution in [0.15, 0.2) is 42.5 Å². The lowest BCUT2D eigenvalue weighted by Crippen LogP contribution is -2.64. The molecular weight excluding hydrogens is 522 g/mol. The van der Waals surface area contributed by atoms with Crippen LogP contribution in [-0.2, 0) is 16.1 Å². The Morgan fingerprint density at radius 2 is 1.63 bits per heavy atom. The fourth-order valence-electron chi connectivity index (χ4n) is 5.63. The molecule has 2 aromatic rings. The Morgan fingerprint density at radius 3 is 2.24 bits per heavy atom. The number of aryl methyl sites for hydroxylation is 1. The number of likely N-dealkylation sites (tertiary alicyclic amines) is 1. The summed E-state index contributed by atoms with van der Waals surface area (Å²) in [4.78, 5) is 48.0. The van der Waals surface area contributed by atoms with E-state index in [-0.39, 0.29) is 31.0 Å². The van der Waals surface area contributed by atoms with Gasteiger partial charge in [-0.3, -0.25) is 19.5 Å². The van der Waals surface area contributed by atoms with Crippen molar-refractivity contribution in [2.45, 2.75) is 52.3 Å². The van der Waals surface area contributed by atoms with Crippen LogP contribution in [0.3, 0.4) is 0 Å². The van der Waals surface area contributed by atoms with E-state index in [4.69, 9.17) is 9.47 Å². The normalized spacial score (nSPS) is 19.0. The lowest BCUT2D eigenvalue weighted by atomic mass is 10.1. The SMILES string of the molecule is COc1ccc(CN2C(=O)CCN(c3ccc(N4CCN(C5CN(C(=O)OC(C)(C)C)C5)CC4)cc3C)C2=O)cc1. The van der Waals surface area contributed by atoms with E-state index in [1.165, 1.54) is 4.90 Å². The van der Waals surface area contributed by atoms with Gasteiger partial charge in [-0.05, 0) is 69.2 Å². The van der Waals surface area contributed by atoms with Crippen molar-refractivity contribution in [2.24, 2.45) is 0 Å². The molecule has 0 radical (unpaired) electrons. The van der Waals surface area contributed by atoms with Crippen molar-refractivity contribution < 1.29 is 23.9 Å². The number of hydrogen-bond donors (Lipinski definition) is 0. The molecule has 10 heteroatoms. The van der Waals surface area contributed by atoms with Crippen molar-refractivity contribution in [3.63, 3.8) is 0 Å². The maximum Gasteiger partial charge on any atom is 0.410 e. The fourth-order valence-corrected chi connectivity index (χ4v) is 5.63. The molecule has 220 valence electrons. The number of methoxy groups -OCH3 is 1. The Bertz CT molecular complexity index is 1280. The molecule has 3 saturated heterocycles. The van der Waals surface area contributed by atoms with Crippen LogP contribution in [0, 0.1) is 6.92 Å². The molecule has 4 amide bonds. The molecule has 0 aliphatic carbocycles. The number of carbonyl (C=O) groups excluding carboxylic acids is 3. The van der Waals surface area contributed by atoms with E-state index in [0.29, 0.717) is 25.7 Å². The molecule has 5 rings (SSSR count). The largest absolute Gasteiger partial charge is 0.497 e. The third-order valence-corrected chi connectivity index (χ3v) is 7.99. The van der Waals surface area contributed by atoms with Gasteiger partial charge in [0.05, 0.1) is 13.7 Å². The van der Waals surface area contributed by atoms with E-state index in [2.05, 4.69) is 21.9 Å². The number of nitrogens with zero attached hydrogens (tertiary/aromatic N) is 5. The first-order valence-corrected chi connectivity index (χ1v) is 14.3. The summed E-state index contributed by atoms with van der Waals surface area (Å²) in [6.45, 7) is 13.4.